The number of hydrogen-bond donors (Lipinski definition) is 1. The van der Waals surface area contributed by atoms with E-state index in [4.69, 9.17) is 9.47 Å². The van der Waals surface area contributed by atoms with Crippen LogP contribution in [0, 0.1) is 0 Å². The molecule has 1 N–H and O–H groups in total. The van der Waals surface area contributed by atoms with Crippen LogP contribution in [-0.2, 0) is 9.47 Å². The van der Waals surface area contributed by atoms with Gasteiger partial charge in [0.1, 0.15) is 0 Å². The van der Waals surface area contributed by atoms with Gasteiger partial charge in [-0.1, -0.05) is 20.8 Å². The molecule has 0 saturated carbocycles. The number of hydrogen-bond acceptors (Lipinski definition) is 6. The van der Waals surface area contributed by atoms with E-state index < -0.39 is 0 Å². The summed E-state index contributed by atoms with van der Waals surface area (Å²) in [6.45, 7) is 21.6. The SMILES string of the molecule is CCN1CCNCCN(CC)CCN(CC)CCOCCOCC1. The Morgan fingerprint density at radius 2 is 1.00 bits per heavy atom. The molecule has 0 amide bonds. The quantitative estimate of drug-likeness (QED) is 0.808. The van der Waals surface area contributed by atoms with Crippen LogP contribution in [0.1, 0.15) is 20.8 Å². The highest BCUT2D eigenvalue weighted by Crippen LogP contribution is 1.94. The first-order valence-corrected chi connectivity index (χ1v) is 9.83. The van der Waals surface area contributed by atoms with Crippen molar-refractivity contribution in [3.63, 3.8) is 0 Å². The van der Waals surface area contributed by atoms with Gasteiger partial charge >= 0.3 is 0 Å². The molecule has 0 spiro atoms. The smallest absolute Gasteiger partial charge is 0.0701 e. The third kappa shape index (κ3) is 10.6. The minimum Gasteiger partial charge on any atom is -0.378 e. The zero-order valence-electron chi connectivity index (χ0n) is 16.3. The van der Waals surface area contributed by atoms with Crippen molar-refractivity contribution in [1.82, 2.24) is 20.0 Å². The molecule has 1 aliphatic rings. The maximum absolute atomic E-state index is 5.71. The third-order valence-electron chi connectivity index (χ3n) is 4.76. The molecule has 0 unspecified atom stereocenters. The summed E-state index contributed by atoms with van der Waals surface area (Å²) < 4.78 is 11.4. The van der Waals surface area contributed by atoms with E-state index in [1.54, 1.807) is 0 Å². The second-order valence-corrected chi connectivity index (χ2v) is 6.28. The van der Waals surface area contributed by atoms with Gasteiger partial charge in [-0.3, -0.25) is 0 Å². The zero-order chi connectivity index (χ0) is 17.5. The van der Waals surface area contributed by atoms with Crippen molar-refractivity contribution in [1.29, 1.82) is 0 Å². The van der Waals surface area contributed by atoms with Crippen LogP contribution in [0.4, 0.5) is 0 Å². The standard InChI is InChI=1S/C18H40N4O2/c1-4-20-9-7-19-8-10-21(5-2)13-15-23-17-18-24-16-14-22(6-3)12-11-20/h19H,4-18H2,1-3H3. The molecular formula is C18H40N4O2. The van der Waals surface area contributed by atoms with Gasteiger partial charge in [-0.05, 0) is 19.6 Å². The van der Waals surface area contributed by atoms with Crippen LogP contribution in [0.25, 0.3) is 0 Å². The summed E-state index contributed by atoms with van der Waals surface area (Å²) in [4.78, 5) is 7.44. The lowest BCUT2D eigenvalue weighted by atomic mass is 10.4. The predicted molar refractivity (Wildman–Crippen MR) is 101 cm³/mol. The average Bonchev–Trinajstić information content (AvgIpc) is 2.61. The van der Waals surface area contributed by atoms with Crippen molar-refractivity contribution in [2.75, 3.05) is 98.4 Å². The maximum atomic E-state index is 5.71. The van der Waals surface area contributed by atoms with Crippen LogP contribution < -0.4 is 5.32 Å². The number of ether oxygens (including phenoxy) is 2. The fraction of sp³-hybridized carbons (Fsp3) is 1.00. The Balaban J connectivity index is 2.39. The summed E-state index contributed by atoms with van der Waals surface area (Å²) in [5.41, 5.74) is 0. The molecule has 0 aromatic carbocycles. The van der Waals surface area contributed by atoms with E-state index in [1.807, 2.05) is 0 Å². The molecule has 0 bridgehead atoms. The molecule has 0 aromatic heterocycles. The molecule has 1 fully saturated rings. The number of nitrogens with zero attached hydrogens (tertiary/aromatic N) is 3. The molecule has 0 aliphatic carbocycles. The van der Waals surface area contributed by atoms with E-state index >= 15 is 0 Å². The zero-order valence-corrected chi connectivity index (χ0v) is 16.3. The van der Waals surface area contributed by atoms with Gasteiger partial charge in [-0.2, -0.15) is 0 Å². The van der Waals surface area contributed by atoms with Crippen LogP contribution in [0.15, 0.2) is 0 Å². The third-order valence-corrected chi connectivity index (χ3v) is 4.76. The Hall–Kier alpha value is -0.240. The molecular weight excluding hydrogens is 304 g/mol. The van der Waals surface area contributed by atoms with Gasteiger partial charge in [-0.15, -0.1) is 0 Å². The lowest BCUT2D eigenvalue weighted by molar-refractivity contribution is 0.0310. The van der Waals surface area contributed by atoms with E-state index in [-0.39, 0.29) is 0 Å². The number of rotatable bonds is 3. The van der Waals surface area contributed by atoms with Gasteiger partial charge in [0.05, 0.1) is 26.4 Å². The van der Waals surface area contributed by atoms with Gasteiger partial charge < -0.3 is 29.5 Å². The first kappa shape index (κ1) is 21.8. The highest BCUT2D eigenvalue weighted by atomic mass is 16.5. The molecule has 1 heterocycles. The summed E-state index contributed by atoms with van der Waals surface area (Å²) in [7, 11) is 0. The molecule has 6 nitrogen and oxygen atoms in total. The van der Waals surface area contributed by atoms with E-state index in [0.717, 1.165) is 85.2 Å². The van der Waals surface area contributed by atoms with Crippen molar-refractivity contribution in [2.45, 2.75) is 20.8 Å². The first-order valence-electron chi connectivity index (χ1n) is 9.83. The van der Waals surface area contributed by atoms with E-state index in [9.17, 15) is 0 Å². The Bertz CT molecular complexity index is 282. The molecule has 0 aromatic rings. The van der Waals surface area contributed by atoms with Crippen molar-refractivity contribution in [2.24, 2.45) is 0 Å². The van der Waals surface area contributed by atoms with Crippen LogP contribution in [0.3, 0.4) is 0 Å². The summed E-state index contributed by atoms with van der Waals surface area (Å²) in [5, 5.41) is 3.59. The average molecular weight is 345 g/mol. The monoisotopic (exact) mass is 344 g/mol. The van der Waals surface area contributed by atoms with Crippen molar-refractivity contribution in [3.05, 3.63) is 0 Å². The fourth-order valence-corrected chi connectivity index (χ4v) is 2.88. The Morgan fingerprint density at radius 3 is 1.46 bits per heavy atom. The topological polar surface area (TPSA) is 40.2 Å². The van der Waals surface area contributed by atoms with Crippen molar-refractivity contribution in [3.8, 4) is 0 Å². The molecule has 1 saturated heterocycles. The molecule has 144 valence electrons. The van der Waals surface area contributed by atoms with Gasteiger partial charge in [0.15, 0.2) is 0 Å². The molecule has 1 rings (SSSR count). The van der Waals surface area contributed by atoms with Gasteiger partial charge in [0, 0.05) is 52.4 Å². The minimum atomic E-state index is 0.700. The van der Waals surface area contributed by atoms with Crippen LogP contribution in [0.5, 0.6) is 0 Å². The number of likely N-dealkylation sites (N-methyl/N-ethyl adjacent to an activating group) is 3. The van der Waals surface area contributed by atoms with Crippen LogP contribution in [-0.4, -0.2) is 113 Å². The Labute approximate surface area is 149 Å². The van der Waals surface area contributed by atoms with Gasteiger partial charge in [0.25, 0.3) is 0 Å². The fourth-order valence-electron chi connectivity index (χ4n) is 2.88. The molecule has 0 atom stereocenters. The molecule has 6 heteroatoms. The largest absolute Gasteiger partial charge is 0.378 e. The van der Waals surface area contributed by atoms with E-state index in [1.165, 1.54) is 0 Å². The number of nitrogens with one attached hydrogen (secondary N) is 1. The minimum absolute atomic E-state index is 0.700. The summed E-state index contributed by atoms with van der Waals surface area (Å²) in [6, 6.07) is 0. The highest BCUT2D eigenvalue weighted by molar-refractivity contribution is 4.64. The van der Waals surface area contributed by atoms with Crippen molar-refractivity contribution < 1.29 is 9.47 Å². The second kappa shape index (κ2) is 15.0. The first-order chi connectivity index (χ1) is 11.8. The van der Waals surface area contributed by atoms with Crippen molar-refractivity contribution >= 4 is 0 Å². The second-order valence-electron chi connectivity index (χ2n) is 6.28. The molecule has 24 heavy (non-hydrogen) atoms. The van der Waals surface area contributed by atoms with Gasteiger partial charge in [-0.25, -0.2) is 0 Å². The highest BCUT2D eigenvalue weighted by Gasteiger charge is 2.08. The Morgan fingerprint density at radius 1 is 0.583 bits per heavy atom. The maximum Gasteiger partial charge on any atom is 0.0701 e. The summed E-state index contributed by atoms with van der Waals surface area (Å²) in [6.07, 6.45) is 0. The molecule has 1 aliphatic heterocycles. The van der Waals surface area contributed by atoms with E-state index in [2.05, 4.69) is 40.8 Å². The summed E-state index contributed by atoms with van der Waals surface area (Å²) in [5.74, 6) is 0. The van der Waals surface area contributed by atoms with Crippen LogP contribution >= 0.6 is 0 Å². The lowest BCUT2D eigenvalue weighted by Crippen LogP contribution is -2.41. The normalized spacial score (nSPS) is 23.6. The predicted octanol–water partition coefficient (Wildman–Crippen LogP) is 0.589. The molecule has 0 radical (unpaired) electrons. The van der Waals surface area contributed by atoms with Crippen LogP contribution in [0.2, 0.25) is 0 Å². The van der Waals surface area contributed by atoms with E-state index in [0.29, 0.717) is 13.2 Å². The van der Waals surface area contributed by atoms with Gasteiger partial charge in [0.2, 0.25) is 0 Å². The lowest BCUT2D eigenvalue weighted by Gasteiger charge is -2.26. The Kier molecular flexibility index (Phi) is 13.7. The summed E-state index contributed by atoms with van der Waals surface area (Å²) >= 11 is 0.